The molecule has 3 heteroatoms. The molecule has 0 N–H and O–H groups in total. The molecule has 24 heavy (non-hydrogen) atoms. The number of aromatic nitrogens is 3. The summed E-state index contributed by atoms with van der Waals surface area (Å²) in [6.45, 7) is 0. The first-order valence-corrected chi connectivity index (χ1v) is 8.22. The van der Waals surface area contributed by atoms with Gasteiger partial charge in [0.1, 0.15) is 18.1 Å². The van der Waals surface area contributed by atoms with Gasteiger partial charge >= 0.3 is 5.78 Å². The Balaban J connectivity index is 1.55. The van der Waals surface area contributed by atoms with Crippen LogP contribution in [0, 0.1) is 0 Å². The maximum atomic E-state index is 4.43. The van der Waals surface area contributed by atoms with Gasteiger partial charge in [-0.3, -0.25) is 0 Å². The van der Waals surface area contributed by atoms with Gasteiger partial charge in [-0.1, -0.05) is 59.6 Å². The maximum absolute atomic E-state index is 4.43. The first kappa shape index (κ1) is 14.6. The van der Waals surface area contributed by atoms with Gasteiger partial charge in [0.2, 0.25) is 0 Å². The fraction of sp³-hybridized carbons (Fsp3) is 0.143. The molecular formula is C21H20N3+. The van der Waals surface area contributed by atoms with E-state index >= 15 is 0 Å². The zero-order chi connectivity index (χ0) is 16.4. The van der Waals surface area contributed by atoms with E-state index in [1.807, 2.05) is 19.3 Å². The molecule has 0 saturated heterocycles. The molecule has 0 aliphatic rings. The first-order chi connectivity index (χ1) is 11.8. The Hall–Kier alpha value is -2.94. The summed E-state index contributed by atoms with van der Waals surface area (Å²) in [5, 5.41) is 0. The van der Waals surface area contributed by atoms with Crippen LogP contribution in [0.5, 0.6) is 0 Å². The van der Waals surface area contributed by atoms with Crippen LogP contribution in [0.1, 0.15) is 22.4 Å². The molecule has 4 rings (SSSR count). The number of imidazole rings is 1. The second-order valence-electron chi connectivity index (χ2n) is 6.18. The van der Waals surface area contributed by atoms with Crippen LogP contribution < -0.4 is 4.57 Å². The van der Waals surface area contributed by atoms with E-state index in [9.17, 15) is 0 Å². The van der Waals surface area contributed by atoms with E-state index in [0.29, 0.717) is 0 Å². The van der Waals surface area contributed by atoms with Crippen LogP contribution in [0.3, 0.4) is 0 Å². The summed E-state index contributed by atoms with van der Waals surface area (Å²) < 4.78 is 4.22. The van der Waals surface area contributed by atoms with E-state index in [2.05, 4.69) is 80.9 Å². The SMILES string of the molecule is C[n+]1cc(Cc2ccc(Cc3ccccc3)cc2)n2cccnc21. The number of aryl methyl sites for hydroxylation is 1. The molecule has 3 nitrogen and oxygen atoms in total. The highest BCUT2D eigenvalue weighted by atomic mass is 15.2. The van der Waals surface area contributed by atoms with Gasteiger partial charge in [0.15, 0.2) is 0 Å². The van der Waals surface area contributed by atoms with Gasteiger partial charge in [0.05, 0.1) is 13.2 Å². The Labute approximate surface area is 141 Å². The second-order valence-corrected chi connectivity index (χ2v) is 6.18. The van der Waals surface area contributed by atoms with Crippen molar-refractivity contribution < 1.29 is 4.57 Å². The highest BCUT2D eigenvalue weighted by Crippen LogP contribution is 2.14. The lowest BCUT2D eigenvalue weighted by Gasteiger charge is -2.04. The molecule has 0 atom stereocenters. The Kier molecular flexibility index (Phi) is 3.83. The summed E-state index contributed by atoms with van der Waals surface area (Å²) >= 11 is 0. The van der Waals surface area contributed by atoms with E-state index < -0.39 is 0 Å². The molecule has 118 valence electrons. The molecule has 0 radical (unpaired) electrons. The highest BCUT2D eigenvalue weighted by molar-refractivity contribution is 5.32. The van der Waals surface area contributed by atoms with Crippen LogP contribution >= 0.6 is 0 Å². The van der Waals surface area contributed by atoms with Crippen molar-refractivity contribution in [3.63, 3.8) is 0 Å². The van der Waals surface area contributed by atoms with Gasteiger partial charge in [-0.15, -0.1) is 0 Å². The fourth-order valence-corrected chi connectivity index (χ4v) is 3.14. The van der Waals surface area contributed by atoms with Crippen molar-refractivity contribution in [3.05, 3.63) is 102 Å². The third-order valence-corrected chi connectivity index (χ3v) is 4.35. The van der Waals surface area contributed by atoms with Crippen molar-refractivity contribution in [1.82, 2.24) is 9.38 Å². The quantitative estimate of drug-likeness (QED) is 0.529. The van der Waals surface area contributed by atoms with Crippen molar-refractivity contribution in [2.45, 2.75) is 12.8 Å². The number of hydrogen-bond acceptors (Lipinski definition) is 1. The number of nitrogens with zero attached hydrogens (tertiary/aromatic N) is 3. The summed E-state index contributed by atoms with van der Waals surface area (Å²) in [6.07, 6.45) is 7.94. The summed E-state index contributed by atoms with van der Waals surface area (Å²) in [4.78, 5) is 4.43. The molecule has 0 spiro atoms. The number of benzene rings is 2. The maximum Gasteiger partial charge on any atom is 0.403 e. The monoisotopic (exact) mass is 314 g/mol. The minimum absolute atomic E-state index is 0.902. The summed E-state index contributed by atoms with van der Waals surface area (Å²) in [5.74, 6) is 0.966. The third kappa shape index (κ3) is 2.93. The largest absolute Gasteiger partial charge is 0.403 e. The first-order valence-electron chi connectivity index (χ1n) is 8.22. The number of hydrogen-bond donors (Lipinski definition) is 0. The van der Waals surface area contributed by atoms with Crippen LogP contribution in [-0.2, 0) is 19.9 Å². The normalized spacial score (nSPS) is 11.0. The molecule has 0 fully saturated rings. The molecular weight excluding hydrogens is 294 g/mol. The molecule has 0 aliphatic carbocycles. The Morgan fingerprint density at radius 3 is 2.25 bits per heavy atom. The smallest absolute Gasteiger partial charge is 0.234 e. The average molecular weight is 314 g/mol. The molecule has 2 aromatic carbocycles. The van der Waals surface area contributed by atoms with Crippen molar-refractivity contribution >= 4 is 5.78 Å². The predicted molar refractivity (Wildman–Crippen MR) is 94.9 cm³/mol. The van der Waals surface area contributed by atoms with Gasteiger partial charge < -0.3 is 0 Å². The Bertz CT molecular complexity index is 953. The second kappa shape index (κ2) is 6.28. The van der Waals surface area contributed by atoms with E-state index in [4.69, 9.17) is 0 Å². The fourth-order valence-electron chi connectivity index (χ4n) is 3.14. The average Bonchev–Trinajstić information content (AvgIpc) is 2.94. The van der Waals surface area contributed by atoms with Crippen molar-refractivity contribution in [2.24, 2.45) is 7.05 Å². The van der Waals surface area contributed by atoms with Crippen LogP contribution in [0.25, 0.3) is 5.78 Å². The molecule has 0 bridgehead atoms. The van der Waals surface area contributed by atoms with E-state index in [0.717, 1.165) is 18.6 Å². The number of rotatable bonds is 4. The van der Waals surface area contributed by atoms with Crippen molar-refractivity contribution in [3.8, 4) is 0 Å². The molecule has 0 saturated carbocycles. The summed E-state index contributed by atoms with van der Waals surface area (Å²) in [6, 6.07) is 21.5. The van der Waals surface area contributed by atoms with E-state index in [1.54, 1.807) is 0 Å². The summed E-state index contributed by atoms with van der Waals surface area (Å²) in [5.41, 5.74) is 5.25. The lowest BCUT2D eigenvalue weighted by molar-refractivity contribution is -0.646. The molecule has 2 heterocycles. The molecule has 0 unspecified atom stereocenters. The lowest BCUT2D eigenvalue weighted by atomic mass is 10.0. The molecule has 0 aliphatic heterocycles. The van der Waals surface area contributed by atoms with Gasteiger partial charge in [-0.2, -0.15) is 0 Å². The molecule has 4 aromatic rings. The van der Waals surface area contributed by atoms with Crippen molar-refractivity contribution in [1.29, 1.82) is 0 Å². The van der Waals surface area contributed by atoms with Crippen LogP contribution in [0.4, 0.5) is 0 Å². The van der Waals surface area contributed by atoms with Gasteiger partial charge in [-0.05, 0) is 23.1 Å². The Morgan fingerprint density at radius 1 is 0.833 bits per heavy atom. The standard InChI is InChI=1S/C21H20N3/c1-23-16-20(24-13-5-12-22-21(23)24)15-19-10-8-18(9-11-19)14-17-6-3-2-4-7-17/h2-13,16H,14-15H2,1H3/q+1. The van der Waals surface area contributed by atoms with E-state index in [-0.39, 0.29) is 0 Å². The summed E-state index contributed by atoms with van der Waals surface area (Å²) in [7, 11) is 2.04. The Morgan fingerprint density at radius 2 is 1.50 bits per heavy atom. The van der Waals surface area contributed by atoms with Crippen LogP contribution in [-0.4, -0.2) is 9.38 Å². The minimum Gasteiger partial charge on any atom is -0.234 e. The van der Waals surface area contributed by atoms with Gasteiger partial charge in [0, 0.05) is 12.5 Å². The highest BCUT2D eigenvalue weighted by Gasteiger charge is 2.14. The zero-order valence-corrected chi connectivity index (χ0v) is 13.8. The van der Waals surface area contributed by atoms with Crippen LogP contribution in [0.2, 0.25) is 0 Å². The molecule has 2 aromatic heterocycles. The number of fused-ring (bicyclic) bond motifs is 1. The zero-order valence-electron chi connectivity index (χ0n) is 13.8. The van der Waals surface area contributed by atoms with Crippen LogP contribution in [0.15, 0.2) is 79.3 Å². The van der Waals surface area contributed by atoms with Gasteiger partial charge in [-0.25, -0.2) is 8.97 Å². The van der Waals surface area contributed by atoms with E-state index in [1.165, 1.54) is 22.4 Å². The van der Waals surface area contributed by atoms with Crippen molar-refractivity contribution in [2.75, 3.05) is 0 Å². The lowest BCUT2D eigenvalue weighted by Crippen LogP contribution is -2.26. The minimum atomic E-state index is 0.902. The predicted octanol–water partition coefficient (Wildman–Crippen LogP) is 3.34. The molecule has 0 amide bonds. The third-order valence-electron chi connectivity index (χ3n) is 4.35. The topological polar surface area (TPSA) is 21.2 Å². The van der Waals surface area contributed by atoms with Gasteiger partial charge in [0.25, 0.3) is 0 Å².